The standard InChI is InChI=1S/C9H12N2/c1-7-3-9(6-11-5-7)8(2)4-10/h3,5-6H,2,4,10H2,1H3. The minimum absolute atomic E-state index is 0.491. The molecule has 1 aromatic rings. The van der Waals surface area contributed by atoms with Crippen LogP contribution in [0.3, 0.4) is 0 Å². The van der Waals surface area contributed by atoms with Crippen LogP contribution in [-0.4, -0.2) is 11.5 Å². The van der Waals surface area contributed by atoms with Crippen molar-refractivity contribution in [2.45, 2.75) is 6.92 Å². The molecule has 0 aliphatic heterocycles. The molecule has 1 heterocycles. The predicted octanol–water partition coefficient (Wildman–Crippen LogP) is 1.36. The highest BCUT2D eigenvalue weighted by atomic mass is 14.6. The average molecular weight is 148 g/mol. The molecule has 2 nitrogen and oxygen atoms in total. The van der Waals surface area contributed by atoms with Gasteiger partial charge in [-0.2, -0.15) is 0 Å². The zero-order chi connectivity index (χ0) is 8.27. The van der Waals surface area contributed by atoms with Crippen LogP contribution in [0.1, 0.15) is 11.1 Å². The lowest BCUT2D eigenvalue weighted by Crippen LogP contribution is -2.01. The Morgan fingerprint density at radius 2 is 2.36 bits per heavy atom. The zero-order valence-electron chi connectivity index (χ0n) is 6.67. The van der Waals surface area contributed by atoms with Crippen molar-refractivity contribution in [3.8, 4) is 0 Å². The molecule has 0 aromatic carbocycles. The second kappa shape index (κ2) is 3.30. The van der Waals surface area contributed by atoms with Crippen LogP contribution in [0.5, 0.6) is 0 Å². The highest BCUT2D eigenvalue weighted by Crippen LogP contribution is 2.09. The first kappa shape index (κ1) is 7.95. The molecule has 2 N–H and O–H groups in total. The van der Waals surface area contributed by atoms with Crippen molar-refractivity contribution >= 4 is 5.57 Å². The maximum atomic E-state index is 5.43. The monoisotopic (exact) mass is 148 g/mol. The second-order valence-corrected chi connectivity index (χ2v) is 2.56. The van der Waals surface area contributed by atoms with Gasteiger partial charge in [0.25, 0.3) is 0 Å². The minimum atomic E-state index is 0.491. The molecule has 0 atom stereocenters. The lowest BCUT2D eigenvalue weighted by molar-refractivity contribution is 1.21. The van der Waals surface area contributed by atoms with Gasteiger partial charge in [0.15, 0.2) is 0 Å². The molecule has 0 bridgehead atoms. The Bertz CT molecular complexity index is 266. The number of aryl methyl sites for hydroxylation is 1. The number of hydrogen-bond donors (Lipinski definition) is 1. The molecule has 0 amide bonds. The van der Waals surface area contributed by atoms with E-state index in [0.29, 0.717) is 6.54 Å². The van der Waals surface area contributed by atoms with Gasteiger partial charge in [0.2, 0.25) is 0 Å². The summed E-state index contributed by atoms with van der Waals surface area (Å²) in [6.45, 7) is 6.31. The van der Waals surface area contributed by atoms with E-state index in [0.717, 1.165) is 16.7 Å². The Kier molecular flexibility index (Phi) is 2.39. The van der Waals surface area contributed by atoms with Crippen LogP contribution in [0.2, 0.25) is 0 Å². The van der Waals surface area contributed by atoms with Gasteiger partial charge in [0.05, 0.1) is 0 Å². The molecule has 0 fully saturated rings. The number of pyridine rings is 1. The van der Waals surface area contributed by atoms with Gasteiger partial charge in [-0.15, -0.1) is 0 Å². The molecule has 0 aliphatic carbocycles. The summed E-state index contributed by atoms with van der Waals surface area (Å²) in [4.78, 5) is 4.04. The maximum absolute atomic E-state index is 5.43. The molecule has 0 unspecified atom stereocenters. The molecule has 0 saturated heterocycles. The third-order valence-corrected chi connectivity index (χ3v) is 1.53. The lowest BCUT2D eigenvalue weighted by Gasteiger charge is -2.01. The first-order chi connectivity index (χ1) is 5.24. The second-order valence-electron chi connectivity index (χ2n) is 2.56. The first-order valence-corrected chi connectivity index (χ1v) is 3.54. The van der Waals surface area contributed by atoms with Crippen LogP contribution >= 0.6 is 0 Å². The SMILES string of the molecule is C=C(CN)c1cncc(C)c1. The molecule has 0 radical (unpaired) electrons. The third-order valence-electron chi connectivity index (χ3n) is 1.53. The first-order valence-electron chi connectivity index (χ1n) is 3.54. The summed E-state index contributed by atoms with van der Waals surface area (Å²) < 4.78 is 0. The Hall–Kier alpha value is -1.15. The van der Waals surface area contributed by atoms with E-state index in [9.17, 15) is 0 Å². The van der Waals surface area contributed by atoms with Crippen LogP contribution in [-0.2, 0) is 0 Å². The van der Waals surface area contributed by atoms with E-state index in [2.05, 4.69) is 11.6 Å². The van der Waals surface area contributed by atoms with Crippen molar-refractivity contribution in [1.82, 2.24) is 4.98 Å². The van der Waals surface area contributed by atoms with Crippen LogP contribution in [0.4, 0.5) is 0 Å². The summed E-state index contributed by atoms with van der Waals surface area (Å²) in [5.41, 5.74) is 8.53. The van der Waals surface area contributed by atoms with E-state index < -0.39 is 0 Å². The molecule has 2 heteroatoms. The van der Waals surface area contributed by atoms with E-state index in [1.54, 1.807) is 6.20 Å². The summed E-state index contributed by atoms with van der Waals surface area (Å²) in [6.07, 6.45) is 3.59. The largest absolute Gasteiger partial charge is 0.326 e. The average Bonchev–Trinajstić information content (AvgIpc) is 2.03. The van der Waals surface area contributed by atoms with Gasteiger partial charge in [-0.1, -0.05) is 6.58 Å². The van der Waals surface area contributed by atoms with Crippen molar-refractivity contribution in [3.05, 3.63) is 36.2 Å². The number of nitrogens with two attached hydrogens (primary N) is 1. The normalized spacial score (nSPS) is 9.64. The predicted molar refractivity (Wildman–Crippen MR) is 47.1 cm³/mol. The van der Waals surface area contributed by atoms with Crippen LogP contribution in [0.15, 0.2) is 25.0 Å². The summed E-state index contributed by atoms with van der Waals surface area (Å²) in [6, 6.07) is 2.03. The van der Waals surface area contributed by atoms with Gasteiger partial charge in [-0.25, -0.2) is 0 Å². The molecular formula is C9H12N2. The van der Waals surface area contributed by atoms with Gasteiger partial charge in [-0.05, 0) is 29.7 Å². The Labute approximate surface area is 66.8 Å². The van der Waals surface area contributed by atoms with Crippen molar-refractivity contribution < 1.29 is 0 Å². The molecule has 0 saturated carbocycles. The smallest absolute Gasteiger partial charge is 0.0343 e. The number of nitrogens with zero attached hydrogens (tertiary/aromatic N) is 1. The van der Waals surface area contributed by atoms with E-state index in [1.165, 1.54) is 0 Å². The van der Waals surface area contributed by atoms with Gasteiger partial charge < -0.3 is 5.73 Å². The maximum Gasteiger partial charge on any atom is 0.0343 e. The fourth-order valence-electron chi connectivity index (χ4n) is 0.866. The molecule has 1 rings (SSSR count). The van der Waals surface area contributed by atoms with Crippen molar-refractivity contribution in [2.75, 3.05) is 6.54 Å². The van der Waals surface area contributed by atoms with Crippen molar-refractivity contribution in [2.24, 2.45) is 5.73 Å². The van der Waals surface area contributed by atoms with E-state index in [4.69, 9.17) is 5.73 Å². The summed E-state index contributed by atoms with van der Waals surface area (Å²) >= 11 is 0. The van der Waals surface area contributed by atoms with Crippen LogP contribution in [0.25, 0.3) is 5.57 Å². The van der Waals surface area contributed by atoms with Crippen LogP contribution < -0.4 is 5.73 Å². The summed E-state index contributed by atoms with van der Waals surface area (Å²) in [5.74, 6) is 0. The van der Waals surface area contributed by atoms with Gasteiger partial charge in [0.1, 0.15) is 0 Å². The van der Waals surface area contributed by atoms with Crippen molar-refractivity contribution in [1.29, 1.82) is 0 Å². The summed E-state index contributed by atoms with van der Waals surface area (Å²) in [7, 11) is 0. The molecular weight excluding hydrogens is 136 g/mol. The lowest BCUT2D eigenvalue weighted by atomic mass is 10.1. The van der Waals surface area contributed by atoms with E-state index in [-0.39, 0.29) is 0 Å². The van der Waals surface area contributed by atoms with Gasteiger partial charge in [-0.3, -0.25) is 4.98 Å². The molecule has 1 aromatic heterocycles. The Morgan fingerprint density at radius 3 is 2.91 bits per heavy atom. The van der Waals surface area contributed by atoms with E-state index in [1.807, 2.05) is 19.2 Å². The zero-order valence-corrected chi connectivity index (χ0v) is 6.67. The fourth-order valence-corrected chi connectivity index (χ4v) is 0.866. The van der Waals surface area contributed by atoms with Gasteiger partial charge >= 0.3 is 0 Å². The number of rotatable bonds is 2. The van der Waals surface area contributed by atoms with Crippen LogP contribution in [0, 0.1) is 6.92 Å². The molecule has 11 heavy (non-hydrogen) atoms. The van der Waals surface area contributed by atoms with Crippen molar-refractivity contribution in [3.63, 3.8) is 0 Å². The highest BCUT2D eigenvalue weighted by Gasteiger charge is 1.95. The third kappa shape index (κ3) is 1.88. The van der Waals surface area contributed by atoms with E-state index >= 15 is 0 Å². The number of hydrogen-bond acceptors (Lipinski definition) is 2. The van der Waals surface area contributed by atoms with Gasteiger partial charge in [0, 0.05) is 18.9 Å². The molecule has 0 aliphatic rings. The topological polar surface area (TPSA) is 38.9 Å². The molecule has 58 valence electrons. The Balaban J connectivity index is 2.96. The molecule has 0 spiro atoms. The highest BCUT2D eigenvalue weighted by molar-refractivity contribution is 5.64. The number of aromatic nitrogens is 1. The quantitative estimate of drug-likeness (QED) is 0.687. The fraction of sp³-hybridized carbons (Fsp3) is 0.222. The minimum Gasteiger partial charge on any atom is -0.326 e. The Morgan fingerprint density at radius 1 is 1.64 bits per heavy atom. The summed E-state index contributed by atoms with van der Waals surface area (Å²) in [5, 5.41) is 0.